The van der Waals surface area contributed by atoms with E-state index < -0.39 is 12.7 Å². The van der Waals surface area contributed by atoms with E-state index in [1.165, 1.54) is 6.07 Å². The van der Waals surface area contributed by atoms with Crippen LogP contribution in [0.5, 0.6) is 11.5 Å². The van der Waals surface area contributed by atoms with Crippen LogP contribution in [0, 0.1) is 0 Å². The molecule has 1 unspecified atom stereocenters. The first-order valence-corrected chi connectivity index (χ1v) is 9.69. The van der Waals surface area contributed by atoms with Gasteiger partial charge < -0.3 is 39.6 Å². The predicted octanol–water partition coefficient (Wildman–Crippen LogP) is -0.724. The number of nitrogens with zero attached hydrogens (tertiary/aromatic N) is 1. The minimum atomic E-state index is -3.10. The van der Waals surface area contributed by atoms with Crippen LogP contribution in [0.25, 0.3) is 0 Å². The van der Waals surface area contributed by atoms with E-state index in [1.807, 2.05) is 0 Å². The predicted molar refractivity (Wildman–Crippen MR) is 103 cm³/mol. The lowest BCUT2D eigenvalue weighted by Crippen LogP contribution is -2.61. The molecule has 1 aromatic rings. The molecule has 3 heterocycles. The van der Waals surface area contributed by atoms with Gasteiger partial charge in [0.05, 0.1) is 36.4 Å². The van der Waals surface area contributed by atoms with E-state index in [0.717, 1.165) is 25.8 Å². The molecule has 3 N–H and O–H groups in total. The average molecular weight is 406 g/mol. The zero-order chi connectivity index (χ0) is 19.9. The Morgan fingerprint density at radius 1 is 1.28 bits per heavy atom. The minimum absolute atomic E-state index is 0. The Morgan fingerprint density at radius 2 is 2.03 bits per heavy atom. The van der Waals surface area contributed by atoms with E-state index >= 15 is 0 Å². The molecule has 1 atom stereocenters. The Balaban J connectivity index is 0.00000240. The number of hydrogen-bond acceptors (Lipinski definition) is 8. The quantitative estimate of drug-likeness (QED) is 0.559. The van der Waals surface area contributed by atoms with Crippen molar-refractivity contribution >= 4 is 18.6 Å². The van der Waals surface area contributed by atoms with Crippen LogP contribution in [0.4, 0.5) is 0 Å². The first kappa shape index (κ1) is 21.4. The van der Waals surface area contributed by atoms with Gasteiger partial charge >= 0.3 is 6.75 Å². The maximum atomic E-state index is 12.4. The number of carboxylic acids is 1. The van der Waals surface area contributed by atoms with Gasteiger partial charge in [0.25, 0.3) is 0 Å². The molecule has 0 spiro atoms. The topological polar surface area (TPSA) is 131 Å². The van der Waals surface area contributed by atoms with Crippen LogP contribution in [0.3, 0.4) is 0 Å². The van der Waals surface area contributed by atoms with E-state index in [4.69, 9.17) is 9.39 Å². The second-order valence-corrected chi connectivity index (χ2v) is 7.71. The summed E-state index contributed by atoms with van der Waals surface area (Å²) in [6, 6.07) is 3.01. The highest BCUT2D eigenvalue weighted by atomic mass is 16.6. The summed E-state index contributed by atoms with van der Waals surface area (Å²) < 4.78 is 10.9. The van der Waals surface area contributed by atoms with E-state index in [2.05, 4.69) is 5.32 Å². The number of carbonyl (C=O) groups is 2. The van der Waals surface area contributed by atoms with Gasteiger partial charge in [-0.2, -0.15) is 0 Å². The summed E-state index contributed by atoms with van der Waals surface area (Å²) in [4.78, 5) is 25.8. The first-order chi connectivity index (χ1) is 13.3. The first-order valence-electron chi connectivity index (χ1n) is 9.69. The molecule has 2 fully saturated rings. The van der Waals surface area contributed by atoms with Gasteiger partial charge in [-0.1, -0.05) is 26.2 Å². The largest absolute Gasteiger partial charge is 0.669 e. The fourth-order valence-electron chi connectivity index (χ4n) is 3.98. The summed E-state index contributed by atoms with van der Waals surface area (Å²) in [5.74, 6) is -1.55. The molecule has 1 aromatic carbocycles. The monoisotopic (exact) mass is 406 g/mol. The molecular formula is C19H27BN2O7-2. The summed E-state index contributed by atoms with van der Waals surface area (Å²) >= 11 is 0. The third kappa shape index (κ3) is 4.34. The average Bonchev–Trinajstić information content (AvgIpc) is 2.63. The molecule has 4 rings (SSSR count). The number of likely N-dealkylation sites (tertiary alicyclic amines) is 1. The van der Waals surface area contributed by atoms with Crippen LogP contribution in [0.1, 0.15) is 42.6 Å². The molecule has 0 saturated carbocycles. The van der Waals surface area contributed by atoms with Gasteiger partial charge in [-0.3, -0.25) is 4.79 Å². The zero-order valence-corrected chi connectivity index (χ0v) is 15.4. The summed E-state index contributed by atoms with van der Waals surface area (Å²) in [6.45, 7) is -1.52. The molecule has 3 aliphatic heterocycles. The van der Waals surface area contributed by atoms with Crippen molar-refractivity contribution in [3.8, 4) is 11.5 Å². The number of benzene rings is 1. The number of fused-ring (bicyclic) bond motifs is 1. The SMILES string of the molecule is C.O=C([O-])c1c(OC2CN(C(=O)C3CCCCN3)C2)ccc2c1O[B-](O)(O)CC2. The molecule has 9 nitrogen and oxygen atoms in total. The van der Waals surface area contributed by atoms with Crippen molar-refractivity contribution in [3.05, 3.63) is 23.3 Å². The molecule has 3 aliphatic rings. The number of piperidine rings is 1. The van der Waals surface area contributed by atoms with Crippen LogP contribution in [-0.2, 0) is 11.2 Å². The van der Waals surface area contributed by atoms with Crippen LogP contribution in [0.15, 0.2) is 12.1 Å². The summed E-state index contributed by atoms with van der Waals surface area (Å²) in [6.07, 6.45) is 2.86. The third-order valence-electron chi connectivity index (χ3n) is 5.56. The van der Waals surface area contributed by atoms with Gasteiger partial charge in [0.1, 0.15) is 11.9 Å². The van der Waals surface area contributed by atoms with Gasteiger partial charge in [-0.25, -0.2) is 0 Å². The Kier molecular flexibility index (Phi) is 6.07. The van der Waals surface area contributed by atoms with Crippen molar-refractivity contribution in [2.24, 2.45) is 0 Å². The normalized spacial score (nSPS) is 23.1. The summed E-state index contributed by atoms with van der Waals surface area (Å²) in [5, 5.41) is 34.4. The fourth-order valence-corrected chi connectivity index (χ4v) is 3.98. The van der Waals surface area contributed by atoms with Crippen LogP contribution in [-0.4, -0.2) is 65.4 Å². The highest BCUT2D eigenvalue weighted by molar-refractivity contribution is 6.59. The van der Waals surface area contributed by atoms with Crippen molar-refractivity contribution < 1.29 is 34.1 Å². The number of aromatic carboxylic acids is 1. The zero-order valence-electron chi connectivity index (χ0n) is 15.4. The Hall–Kier alpha value is -2.30. The van der Waals surface area contributed by atoms with Crippen molar-refractivity contribution in [1.29, 1.82) is 0 Å². The molecule has 0 aliphatic carbocycles. The van der Waals surface area contributed by atoms with Gasteiger partial charge in [0.2, 0.25) is 5.91 Å². The Labute approximate surface area is 169 Å². The second kappa shape index (κ2) is 8.21. The van der Waals surface area contributed by atoms with Gasteiger partial charge in [0.15, 0.2) is 0 Å². The number of carboxylic acid groups (broad SMARTS) is 1. The minimum Gasteiger partial charge on any atom is -0.669 e. The second-order valence-electron chi connectivity index (χ2n) is 7.71. The number of amides is 1. The van der Waals surface area contributed by atoms with Crippen molar-refractivity contribution in [1.82, 2.24) is 10.2 Å². The maximum absolute atomic E-state index is 12.4. The van der Waals surface area contributed by atoms with E-state index in [9.17, 15) is 24.7 Å². The third-order valence-corrected chi connectivity index (χ3v) is 5.56. The number of carbonyl (C=O) groups excluding carboxylic acids is 2. The van der Waals surface area contributed by atoms with Crippen LogP contribution >= 0.6 is 0 Å². The number of hydrogen-bond donors (Lipinski definition) is 3. The standard InChI is InChI=1S/C18H24BN2O7.CH4/c22-17(13-3-1-2-8-20-13)21-9-12(10-21)27-14-5-4-11-6-7-19(25,26)28-16(11)15(14)18(23)24;/h4-5,12-13,20,25-26H,1-3,6-10H2,(H,23,24);1H4/q-1;/p-1. The lowest BCUT2D eigenvalue weighted by atomic mass is 9.70. The molecule has 160 valence electrons. The van der Waals surface area contributed by atoms with Gasteiger partial charge in [0, 0.05) is 0 Å². The number of ether oxygens (including phenoxy) is 1. The molecule has 0 bridgehead atoms. The Bertz CT molecular complexity index is 789. The molecule has 0 radical (unpaired) electrons. The maximum Gasteiger partial charge on any atom is 0.430 e. The molecular weight excluding hydrogens is 379 g/mol. The van der Waals surface area contributed by atoms with Crippen LogP contribution in [0.2, 0.25) is 6.32 Å². The van der Waals surface area contributed by atoms with Crippen molar-refractivity contribution in [2.45, 2.75) is 51.6 Å². The summed E-state index contributed by atoms with van der Waals surface area (Å²) in [5.41, 5.74) is 0.228. The smallest absolute Gasteiger partial charge is 0.430 e. The summed E-state index contributed by atoms with van der Waals surface area (Å²) in [7, 11) is 0. The lowest BCUT2D eigenvalue weighted by Gasteiger charge is -2.42. The number of aryl methyl sites for hydroxylation is 1. The van der Waals surface area contributed by atoms with Gasteiger partial charge in [-0.05, 0) is 37.4 Å². The van der Waals surface area contributed by atoms with Crippen molar-refractivity contribution in [2.75, 3.05) is 19.6 Å². The van der Waals surface area contributed by atoms with E-state index in [-0.39, 0.29) is 55.3 Å². The molecule has 2 saturated heterocycles. The number of rotatable bonds is 4. The molecule has 10 heteroatoms. The molecule has 29 heavy (non-hydrogen) atoms. The van der Waals surface area contributed by atoms with E-state index in [1.54, 1.807) is 11.0 Å². The lowest BCUT2D eigenvalue weighted by molar-refractivity contribution is -0.255. The number of nitrogens with one attached hydrogen (secondary N) is 1. The van der Waals surface area contributed by atoms with Gasteiger partial charge in [-0.15, -0.1) is 0 Å². The molecule has 0 aromatic heterocycles. The fraction of sp³-hybridized carbons (Fsp3) is 0.579. The van der Waals surface area contributed by atoms with Crippen LogP contribution < -0.4 is 19.8 Å². The van der Waals surface area contributed by atoms with Crippen molar-refractivity contribution in [3.63, 3.8) is 0 Å². The highest BCUT2D eigenvalue weighted by Gasteiger charge is 2.37. The Morgan fingerprint density at radius 3 is 2.69 bits per heavy atom. The molecule has 1 amide bonds. The van der Waals surface area contributed by atoms with E-state index in [0.29, 0.717) is 18.7 Å². The highest BCUT2D eigenvalue weighted by Crippen LogP contribution is 2.38.